The maximum absolute atomic E-state index is 2.89. The molecule has 0 bridgehead atoms. The van der Waals surface area contributed by atoms with Gasteiger partial charge in [0.05, 0.1) is 0 Å². The normalized spacial score (nSPS) is 7.85. The third-order valence-corrected chi connectivity index (χ3v) is 1.56. The van der Waals surface area contributed by atoms with E-state index in [0.29, 0.717) is 0 Å². The summed E-state index contributed by atoms with van der Waals surface area (Å²) in [6.07, 6.45) is 5.54. The third kappa shape index (κ3) is 14.6. The average molecular weight is 170 g/mol. The molecule has 0 spiro atoms. The van der Waals surface area contributed by atoms with Crippen molar-refractivity contribution in [3.8, 4) is 0 Å². The van der Waals surface area contributed by atoms with E-state index in [2.05, 4.69) is 19.9 Å². The summed E-state index contributed by atoms with van der Waals surface area (Å²) in [5.74, 6) is 0. The van der Waals surface area contributed by atoms with Gasteiger partial charge in [-0.1, -0.05) is 39.5 Å². The van der Waals surface area contributed by atoms with Gasteiger partial charge in [0.25, 0.3) is 0 Å². The second-order valence-electron chi connectivity index (χ2n) is 2.78. The summed E-state index contributed by atoms with van der Waals surface area (Å²) in [4.78, 5) is 0. The molecule has 0 fully saturated rings. The molecule has 0 aromatic heterocycles. The Balaban J connectivity index is 0. The van der Waals surface area contributed by atoms with Crippen LogP contribution in [0.2, 0.25) is 0 Å². The molecule has 0 saturated heterocycles. The van der Waals surface area contributed by atoms with Gasteiger partial charge >= 0.3 is 18.9 Å². The zero-order valence-electron chi connectivity index (χ0n) is 9.22. The van der Waals surface area contributed by atoms with E-state index < -0.39 is 0 Å². The standard InChI is InChI=1S/C6H5.C6H14.Li/c1-2-4-6-5-3-1;1-3-5-6-4-2;/h1-5H;3-6H2,1-2H3;/q-1;;+1. The average Bonchev–Trinajstić information content (AvgIpc) is 2.18. The van der Waals surface area contributed by atoms with Gasteiger partial charge < -0.3 is 0 Å². The van der Waals surface area contributed by atoms with E-state index in [1.807, 2.05) is 30.3 Å². The van der Waals surface area contributed by atoms with Crippen molar-refractivity contribution in [3.63, 3.8) is 0 Å². The van der Waals surface area contributed by atoms with Gasteiger partial charge in [-0.3, -0.25) is 0 Å². The summed E-state index contributed by atoms with van der Waals surface area (Å²) >= 11 is 0. The monoisotopic (exact) mass is 170 g/mol. The van der Waals surface area contributed by atoms with Gasteiger partial charge in [0.1, 0.15) is 0 Å². The van der Waals surface area contributed by atoms with E-state index in [4.69, 9.17) is 0 Å². The van der Waals surface area contributed by atoms with E-state index in [1.165, 1.54) is 25.7 Å². The molecule has 0 nitrogen and oxygen atoms in total. The topological polar surface area (TPSA) is 0 Å². The van der Waals surface area contributed by atoms with E-state index >= 15 is 0 Å². The summed E-state index contributed by atoms with van der Waals surface area (Å²) in [6.45, 7) is 4.46. The molecule has 0 heterocycles. The minimum atomic E-state index is 0. The Kier molecular flexibility index (Phi) is 16.9. The molecule has 0 unspecified atom stereocenters. The van der Waals surface area contributed by atoms with Crippen molar-refractivity contribution in [2.75, 3.05) is 0 Å². The Morgan fingerprint density at radius 2 is 1.31 bits per heavy atom. The fraction of sp³-hybridized carbons (Fsp3) is 0.500. The molecular weight excluding hydrogens is 151 g/mol. The van der Waals surface area contributed by atoms with Crippen LogP contribution in [-0.4, -0.2) is 0 Å². The summed E-state index contributed by atoms with van der Waals surface area (Å²) < 4.78 is 0. The maximum Gasteiger partial charge on any atom is 1.00 e. The predicted octanol–water partition coefficient (Wildman–Crippen LogP) is 1.08. The summed E-state index contributed by atoms with van der Waals surface area (Å²) in [5.41, 5.74) is 0. The van der Waals surface area contributed by atoms with Gasteiger partial charge in [0, 0.05) is 0 Å². The maximum atomic E-state index is 2.89. The zero-order chi connectivity index (χ0) is 9.07. The van der Waals surface area contributed by atoms with Crippen LogP contribution in [0.5, 0.6) is 0 Å². The first-order valence-electron chi connectivity index (χ1n) is 4.82. The SMILES string of the molecule is CCCCCC.[Li+].[c-]1ccccc1. The first-order valence-corrected chi connectivity index (χ1v) is 4.82. The molecule has 0 atom stereocenters. The summed E-state index contributed by atoms with van der Waals surface area (Å²) in [6, 6.07) is 12.5. The van der Waals surface area contributed by atoms with E-state index in [9.17, 15) is 0 Å². The van der Waals surface area contributed by atoms with E-state index in [-0.39, 0.29) is 18.9 Å². The first kappa shape index (κ1) is 15.3. The predicted molar refractivity (Wildman–Crippen MR) is 55.1 cm³/mol. The molecule has 0 radical (unpaired) electrons. The molecule has 1 aromatic carbocycles. The smallest absolute Gasteiger partial charge is 0.184 e. The van der Waals surface area contributed by atoms with Crippen molar-refractivity contribution in [2.45, 2.75) is 39.5 Å². The molecule has 0 aliphatic heterocycles. The molecule has 0 aliphatic carbocycles. The minimum Gasteiger partial charge on any atom is -0.184 e. The van der Waals surface area contributed by atoms with Gasteiger partial charge in [0.2, 0.25) is 0 Å². The van der Waals surface area contributed by atoms with Crippen molar-refractivity contribution in [1.82, 2.24) is 0 Å². The van der Waals surface area contributed by atoms with E-state index in [0.717, 1.165) is 0 Å². The van der Waals surface area contributed by atoms with Crippen LogP contribution in [0.25, 0.3) is 0 Å². The summed E-state index contributed by atoms with van der Waals surface area (Å²) in [7, 11) is 0. The van der Waals surface area contributed by atoms with Crippen molar-refractivity contribution >= 4 is 0 Å². The molecule has 68 valence electrons. The fourth-order valence-electron chi connectivity index (χ4n) is 0.842. The van der Waals surface area contributed by atoms with Gasteiger partial charge in [0.15, 0.2) is 0 Å². The second kappa shape index (κ2) is 14.3. The van der Waals surface area contributed by atoms with Crippen LogP contribution in [-0.2, 0) is 0 Å². The molecule has 0 amide bonds. The number of rotatable bonds is 3. The van der Waals surface area contributed by atoms with Crippen molar-refractivity contribution in [1.29, 1.82) is 0 Å². The Bertz CT molecular complexity index is 118. The Labute approximate surface area is 94.9 Å². The minimum absolute atomic E-state index is 0. The second-order valence-corrected chi connectivity index (χ2v) is 2.78. The molecule has 0 N–H and O–H groups in total. The fourth-order valence-corrected chi connectivity index (χ4v) is 0.842. The van der Waals surface area contributed by atoms with Crippen LogP contribution in [0.15, 0.2) is 30.3 Å². The van der Waals surface area contributed by atoms with Gasteiger partial charge in [-0.15, -0.1) is 0 Å². The molecule has 1 heteroatoms. The van der Waals surface area contributed by atoms with E-state index in [1.54, 1.807) is 0 Å². The third-order valence-electron chi connectivity index (χ3n) is 1.56. The molecule has 0 saturated carbocycles. The van der Waals surface area contributed by atoms with Gasteiger partial charge in [-0.25, -0.2) is 0 Å². The van der Waals surface area contributed by atoms with Crippen LogP contribution in [0.4, 0.5) is 0 Å². The molecule has 1 rings (SSSR count). The van der Waals surface area contributed by atoms with Crippen molar-refractivity contribution in [2.24, 2.45) is 0 Å². The number of hydrogen-bond donors (Lipinski definition) is 0. The van der Waals surface area contributed by atoms with Crippen LogP contribution in [0.3, 0.4) is 0 Å². The number of hydrogen-bond acceptors (Lipinski definition) is 0. The van der Waals surface area contributed by atoms with Crippen molar-refractivity contribution in [3.05, 3.63) is 36.4 Å². The Morgan fingerprint density at radius 1 is 0.846 bits per heavy atom. The number of unbranched alkanes of at least 4 members (excludes halogenated alkanes) is 3. The van der Waals surface area contributed by atoms with Crippen LogP contribution >= 0.6 is 0 Å². The van der Waals surface area contributed by atoms with Crippen LogP contribution in [0, 0.1) is 6.07 Å². The quantitative estimate of drug-likeness (QED) is 0.362. The van der Waals surface area contributed by atoms with Crippen LogP contribution in [0.1, 0.15) is 39.5 Å². The van der Waals surface area contributed by atoms with Crippen LogP contribution < -0.4 is 18.9 Å². The molecule has 13 heavy (non-hydrogen) atoms. The number of benzene rings is 1. The first-order chi connectivity index (χ1) is 5.91. The Hall–Kier alpha value is -0.183. The van der Waals surface area contributed by atoms with Gasteiger partial charge in [-0.2, -0.15) is 36.4 Å². The molecule has 0 aliphatic rings. The zero-order valence-corrected chi connectivity index (χ0v) is 9.22. The molecular formula is C12H19Li. The van der Waals surface area contributed by atoms with Crippen molar-refractivity contribution < 1.29 is 18.9 Å². The summed E-state index contributed by atoms with van der Waals surface area (Å²) in [5, 5.41) is 0. The molecule has 1 aromatic rings. The Morgan fingerprint density at radius 3 is 1.46 bits per heavy atom. The largest absolute Gasteiger partial charge is 1.00 e. The van der Waals surface area contributed by atoms with Gasteiger partial charge in [-0.05, 0) is 0 Å².